The van der Waals surface area contributed by atoms with E-state index in [9.17, 15) is 13.2 Å². The molecule has 27 heavy (non-hydrogen) atoms. The van der Waals surface area contributed by atoms with Crippen LogP contribution in [0.3, 0.4) is 0 Å². The fourth-order valence-corrected chi connectivity index (χ4v) is 4.16. The summed E-state index contributed by atoms with van der Waals surface area (Å²) in [5.41, 5.74) is 0.840. The lowest BCUT2D eigenvalue weighted by Crippen LogP contribution is -2.40. The summed E-state index contributed by atoms with van der Waals surface area (Å²) in [6.45, 7) is 6.76. The second kappa shape index (κ2) is 10.2. The maximum absolute atomic E-state index is 12.5. The average Bonchev–Trinajstić information content (AvgIpc) is 2.66. The number of hydrogen-bond acceptors (Lipinski definition) is 5. The van der Waals surface area contributed by atoms with Crippen LogP contribution in [0.2, 0.25) is 0 Å². The molecule has 1 aliphatic heterocycles. The summed E-state index contributed by atoms with van der Waals surface area (Å²) in [4.78, 5) is 14.7. The first-order valence-corrected chi connectivity index (χ1v) is 11.1. The monoisotopic (exact) mass is 397 g/mol. The molecule has 0 spiro atoms. The number of piperidine rings is 1. The first-order valence-electron chi connectivity index (χ1n) is 9.52. The third kappa shape index (κ3) is 6.30. The van der Waals surface area contributed by atoms with Crippen LogP contribution in [0.5, 0.6) is 0 Å². The smallest absolute Gasteiger partial charge is 0.226 e. The van der Waals surface area contributed by atoms with Gasteiger partial charge in [0.15, 0.2) is 9.84 Å². The molecule has 7 heteroatoms. The SMILES string of the molecule is COCCOCC1CCN(C(=O)Cc2ccc(S(=O)(=O)C(C)C)cc2)CC1. The number of methoxy groups -OCH3 is 1. The Morgan fingerprint density at radius 2 is 1.78 bits per heavy atom. The van der Waals surface area contributed by atoms with E-state index in [-0.39, 0.29) is 5.91 Å². The van der Waals surface area contributed by atoms with Gasteiger partial charge in [-0.25, -0.2) is 8.42 Å². The van der Waals surface area contributed by atoms with E-state index < -0.39 is 15.1 Å². The molecule has 1 fully saturated rings. The van der Waals surface area contributed by atoms with E-state index in [0.717, 1.165) is 38.1 Å². The molecule has 1 saturated heterocycles. The van der Waals surface area contributed by atoms with Crippen LogP contribution in [0.15, 0.2) is 29.2 Å². The number of ether oxygens (including phenoxy) is 2. The van der Waals surface area contributed by atoms with Crippen LogP contribution in [0, 0.1) is 5.92 Å². The van der Waals surface area contributed by atoms with E-state index >= 15 is 0 Å². The molecule has 0 atom stereocenters. The summed E-state index contributed by atoms with van der Waals surface area (Å²) in [7, 11) is -1.62. The summed E-state index contributed by atoms with van der Waals surface area (Å²) < 4.78 is 34.9. The Labute approximate surface area is 162 Å². The number of benzene rings is 1. The predicted octanol–water partition coefficient (Wildman–Crippen LogP) is 2.31. The number of nitrogens with zero attached hydrogens (tertiary/aromatic N) is 1. The van der Waals surface area contributed by atoms with Gasteiger partial charge >= 0.3 is 0 Å². The zero-order valence-electron chi connectivity index (χ0n) is 16.5. The highest BCUT2D eigenvalue weighted by Gasteiger charge is 2.23. The van der Waals surface area contributed by atoms with Gasteiger partial charge in [0, 0.05) is 26.8 Å². The quantitative estimate of drug-likeness (QED) is 0.598. The largest absolute Gasteiger partial charge is 0.382 e. The molecule has 0 bridgehead atoms. The first kappa shape index (κ1) is 21.9. The maximum Gasteiger partial charge on any atom is 0.226 e. The highest BCUT2D eigenvalue weighted by atomic mass is 32.2. The molecule has 0 radical (unpaired) electrons. The third-order valence-corrected chi connectivity index (χ3v) is 7.15. The molecule has 1 aromatic carbocycles. The molecule has 1 aromatic rings. The Morgan fingerprint density at radius 1 is 1.15 bits per heavy atom. The molecule has 0 N–H and O–H groups in total. The van der Waals surface area contributed by atoms with Crippen molar-refractivity contribution in [3.63, 3.8) is 0 Å². The Hall–Kier alpha value is -1.44. The normalized spacial score (nSPS) is 16.1. The van der Waals surface area contributed by atoms with E-state index in [1.54, 1.807) is 45.2 Å². The van der Waals surface area contributed by atoms with E-state index in [0.29, 0.717) is 30.4 Å². The third-order valence-electron chi connectivity index (χ3n) is 4.98. The summed E-state index contributed by atoms with van der Waals surface area (Å²) in [6.07, 6.45) is 2.20. The lowest BCUT2D eigenvalue weighted by atomic mass is 9.97. The van der Waals surface area contributed by atoms with Gasteiger partial charge in [-0.1, -0.05) is 12.1 Å². The van der Waals surface area contributed by atoms with Crippen LogP contribution >= 0.6 is 0 Å². The van der Waals surface area contributed by atoms with Crippen LogP contribution in [0.25, 0.3) is 0 Å². The molecule has 0 unspecified atom stereocenters. The van der Waals surface area contributed by atoms with E-state index in [1.165, 1.54) is 0 Å². The van der Waals surface area contributed by atoms with Crippen molar-refractivity contribution >= 4 is 15.7 Å². The number of hydrogen-bond donors (Lipinski definition) is 0. The molecule has 1 heterocycles. The number of carbonyl (C=O) groups excluding carboxylic acids is 1. The number of carbonyl (C=O) groups is 1. The summed E-state index contributed by atoms with van der Waals surface area (Å²) in [5.74, 6) is 0.583. The number of sulfone groups is 1. The number of amides is 1. The summed E-state index contributed by atoms with van der Waals surface area (Å²) in [5, 5.41) is -0.454. The van der Waals surface area contributed by atoms with Gasteiger partial charge in [-0.2, -0.15) is 0 Å². The van der Waals surface area contributed by atoms with Crippen LogP contribution in [-0.2, 0) is 30.5 Å². The zero-order chi connectivity index (χ0) is 19.9. The van der Waals surface area contributed by atoms with Crippen LogP contribution in [-0.4, -0.2) is 64.5 Å². The minimum absolute atomic E-state index is 0.0909. The van der Waals surface area contributed by atoms with Gasteiger partial charge in [0.25, 0.3) is 0 Å². The summed E-state index contributed by atoms with van der Waals surface area (Å²) in [6, 6.07) is 6.68. The Morgan fingerprint density at radius 3 is 2.33 bits per heavy atom. The van der Waals surface area contributed by atoms with Crippen LogP contribution in [0.1, 0.15) is 32.3 Å². The van der Waals surface area contributed by atoms with Crippen LogP contribution < -0.4 is 0 Å². The van der Waals surface area contributed by atoms with Crippen molar-refractivity contribution in [1.82, 2.24) is 4.90 Å². The Bertz CT molecular complexity index is 692. The van der Waals surface area contributed by atoms with Crippen LogP contribution in [0.4, 0.5) is 0 Å². The molecule has 152 valence electrons. The highest BCUT2D eigenvalue weighted by Crippen LogP contribution is 2.20. The molecular weight excluding hydrogens is 366 g/mol. The zero-order valence-corrected chi connectivity index (χ0v) is 17.3. The molecule has 1 amide bonds. The van der Waals surface area contributed by atoms with Gasteiger partial charge in [-0.15, -0.1) is 0 Å². The van der Waals surface area contributed by atoms with Gasteiger partial charge in [0.2, 0.25) is 5.91 Å². The van der Waals surface area contributed by atoms with E-state index in [2.05, 4.69) is 0 Å². The fourth-order valence-electron chi connectivity index (χ4n) is 3.10. The Balaban J connectivity index is 1.81. The van der Waals surface area contributed by atoms with Gasteiger partial charge < -0.3 is 14.4 Å². The van der Waals surface area contributed by atoms with Crippen molar-refractivity contribution in [2.45, 2.75) is 43.3 Å². The fraction of sp³-hybridized carbons (Fsp3) is 0.650. The lowest BCUT2D eigenvalue weighted by molar-refractivity contribution is -0.132. The molecule has 6 nitrogen and oxygen atoms in total. The Kier molecular flexibility index (Phi) is 8.26. The lowest BCUT2D eigenvalue weighted by Gasteiger charge is -2.32. The van der Waals surface area contributed by atoms with Gasteiger partial charge in [0.1, 0.15) is 0 Å². The maximum atomic E-state index is 12.5. The highest BCUT2D eigenvalue weighted by molar-refractivity contribution is 7.92. The molecule has 1 aliphatic rings. The van der Waals surface area contributed by atoms with Crippen molar-refractivity contribution in [1.29, 1.82) is 0 Å². The molecule has 0 aromatic heterocycles. The molecule has 2 rings (SSSR count). The van der Waals surface area contributed by atoms with Gasteiger partial charge in [-0.3, -0.25) is 4.79 Å². The first-order chi connectivity index (χ1) is 12.8. The average molecular weight is 398 g/mol. The second-order valence-electron chi connectivity index (χ2n) is 7.31. The van der Waals surface area contributed by atoms with Gasteiger partial charge in [-0.05, 0) is 50.3 Å². The van der Waals surface area contributed by atoms with Crippen molar-refractivity contribution in [2.75, 3.05) is 40.0 Å². The number of rotatable bonds is 9. The standard InChI is InChI=1S/C20H31NO5S/c1-16(2)27(23,24)19-6-4-17(5-7-19)14-20(22)21-10-8-18(9-11-21)15-26-13-12-25-3/h4-7,16,18H,8-15H2,1-3H3. The van der Waals surface area contributed by atoms with E-state index in [4.69, 9.17) is 9.47 Å². The molecule has 0 aliphatic carbocycles. The van der Waals surface area contributed by atoms with E-state index in [1.807, 2.05) is 4.90 Å². The minimum Gasteiger partial charge on any atom is -0.382 e. The van der Waals surface area contributed by atoms with Gasteiger partial charge in [0.05, 0.1) is 29.8 Å². The molecular formula is C20H31NO5S. The number of likely N-dealkylation sites (tertiary alicyclic amines) is 1. The molecule has 0 saturated carbocycles. The van der Waals surface area contributed by atoms with Crippen molar-refractivity contribution < 1.29 is 22.7 Å². The predicted molar refractivity (Wildman–Crippen MR) is 104 cm³/mol. The second-order valence-corrected chi connectivity index (χ2v) is 9.81. The minimum atomic E-state index is -3.28. The topological polar surface area (TPSA) is 72.9 Å². The van der Waals surface area contributed by atoms with Crippen molar-refractivity contribution in [3.8, 4) is 0 Å². The summed E-state index contributed by atoms with van der Waals surface area (Å²) >= 11 is 0. The van der Waals surface area contributed by atoms with Crippen molar-refractivity contribution in [3.05, 3.63) is 29.8 Å². The van der Waals surface area contributed by atoms with Crippen molar-refractivity contribution in [2.24, 2.45) is 5.92 Å².